The monoisotopic (exact) mass is 527 g/mol. The minimum Gasteiger partial charge on any atom is -0.459 e. The average molecular weight is 527 g/mol. The zero-order valence-electron chi connectivity index (χ0n) is 19.1. The highest BCUT2D eigenvalue weighted by atomic mass is 127. The number of benzene rings is 1. The van der Waals surface area contributed by atoms with E-state index in [-0.39, 0.29) is 24.0 Å². The molecule has 1 saturated heterocycles. The highest BCUT2D eigenvalue weighted by Gasteiger charge is 2.25. The zero-order chi connectivity index (χ0) is 20.8. The lowest BCUT2D eigenvalue weighted by Crippen LogP contribution is -2.55. The number of nitrogens with one attached hydrogen (secondary N) is 2. The van der Waals surface area contributed by atoms with Gasteiger partial charge in [-0.15, -0.1) is 24.0 Å². The molecular weight excluding hydrogens is 489 g/mol. The number of hydrogen-bond acceptors (Lipinski definition) is 4. The van der Waals surface area contributed by atoms with E-state index in [1.165, 1.54) is 10.9 Å². The highest BCUT2D eigenvalue weighted by Crippen LogP contribution is 2.25. The van der Waals surface area contributed by atoms with E-state index in [2.05, 4.69) is 61.2 Å². The van der Waals surface area contributed by atoms with E-state index in [1.54, 1.807) is 0 Å². The maximum atomic E-state index is 6.02. The van der Waals surface area contributed by atoms with Gasteiger partial charge in [-0.1, -0.05) is 32.0 Å². The van der Waals surface area contributed by atoms with Crippen molar-refractivity contribution in [3.8, 4) is 0 Å². The van der Waals surface area contributed by atoms with Crippen molar-refractivity contribution in [2.75, 3.05) is 46.3 Å². The summed E-state index contributed by atoms with van der Waals surface area (Å²) in [5, 5.41) is 8.13. The molecule has 1 aliphatic rings. The third kappa shape index (κ3) is 6.34. The number of rotatable bonds is 7. The Kier molecular flexibility index (Phi) is 9.90. The van der Waals surface area contributed by atoms with Crippen LogP contribution in [0.25, 0.3) is 11.0 Å². The third-order valence-corrected chi connectivity index (χ3v) is 5.92. The van der Waals surface area contributed by atoms with Crippen LogP contribution in [0.15, 0.2) is 33.7 Å². The molecule has 0 aliphatic carbocycles. The van der Waals surface area contributed by atoms with Gasteiger partial charge in [0.1, 0.15) is 17.9 Å². The fourth-order valence-electron chi connectivity index (χ4n) is 4.01. The van der Waals surface area contributed by atoms with E-state index < -0.39 is 0 Å². The van der Waals surface area contributed by atoms with Gasteiger partial charge < -0.3 is 20.0 Å². The fraction of sp³-hybridized carbons (Fsp3) is 0.609. The van der Waals surface area contributed by atoms with Gasteiger partial charge in [0.15, 0.2) is 5.96 Å². The van der Waals surface area contributed by atoms with Gasteiger partial charge in [-0.3, -0.25) is 4.90 Å². The largest absolute Gasteiger partial charge is 0.459 e. The summed E-state index contributed by atoms with van der Waals surface area (Å²) in [7, 11) is 2.20. The van der Waals surface area contributed by atoms with Crippen molar-refractivity contribution in [1.29, 1.82) is 0 Å². The molecule has 7 heteroatoms. The van der Waals surface area contributed by atoms with Gasteiger partial charge in [-0.25, -0.2) is 4.99 Å². The summed E-state index contributed by atoms with van der Waals surface area (Å²) in [6, 6.07) is 8.68. The summed E-state index contributed by atoms with van der Waals surface area (Å²) in [5.74, 6) is 2.38. The van der Waals surface area contributed by atoms with Crippen LogP contribution in [0.2, 0.25) is 0 Å². The van der Waals surface area contributed by atoms with Crippen molar-refractivity contribution in [1.82, 2.24) is 20.4 Å². The molecule has 30 heavy (non-hydrogen) atoms. The molecule has 0 radical (unpaired) electrons. The number of furan rings is 1. The van der Waals surface area contributed by atoms with Crippen LogP contribution in [0.3, 0.4) is 0 Å². The molecular formula is C23H38IN5O. The summed E-state index contributed by atoms with van der Waals surface area (Å²) < 4.78 is 6.02. The summed E-state index contributed by atoms with van der Waals surface area (Å²) in [6.45, 7) is 15.7. The first-order valence-corrected chi connectivity index (χ1v) is 10.9. The lowest BCUT2D eigenvalue weighted by molar-refractivity contribution is 0.0900. The molecule has 0 spiro atoms. The third-order valence-electron chi connectivity index (χ3n) is 5.92. The Bertz CT molecular complexity index is 811. The van der Waals surface area contributed by atoms with Gasteiger partial charge in [0.25, 0.3) is 0 Å². The second-order valence-electron chi connectivity index (χ2n) is 8.37. The van der Waals surface area contributed by atoms with Crippen molar-refractivity contribution in [2.45, 2.75) is 40.3 Å². The molecule has 3 rings (SSSR count). The molecule has 1 fully saturated rings. The maximum Gasteiger partial charge on any atom is 0.191 e. The van der Waals surface area contributed by atoms with E-state index in [9.17, 15) is 0 Å². The molecule has 1 atom stereocenters. The quantitative estimate of drug-likeness (QED) is 0.327. The van der Waals surface area contributed by atoms with Gasteiger partial charge in [0.05, 0.1) is 0 Å². The van der Waals surface area contributed by atoms with Crippen LogP contribution in [-0.2, 0) is 6.54 Å². The molecule has 0 bridgehead atoms. The number of piperazine rings is 1. The van der Waals surface area contributed by atoms with Crippen LogP contribution in [0.4, 0.5) is 0 Å². The molecule has 1 unspecified atom stereocenters. The molecule has 0 saturated carbocycles. The van der Waals surface area contributed by atoms with Crippen molar-refractivity contribution in [3.05, 3.63) is 35.6 Å². The van der Waals surface area contributed by atoms with Crippen LogP contribution in [-0.4, -0.2) is 68.1 Å². The highest BCUT2D eigenvalue weighted by molar-refractivity contribution is 14.0. The predicted octanol–water partition coefficient (Wildman–Crippen LogP) is 3.69. The number of hydrogen-bond donors (Lipinski definition) is 2. The Morgan fingerprint density at radius 3 is 2.47 bits per heavy atom. The average Bonchev–Trinajstić information content (AvgIpc) is 3.03. The molecule has 1 aromatic heterocycles. The molecule has 1 aliphatic heterocycles. The Morgan fingerprint density at radius 1 is 1.13 bits per heavy atom. The van der Waals surface area contributed by atoms with Gasteiger partial charge in [0.2, 0.25) is 0 Å². The number of aliphatic imine (C=N–C) groups is 1. The van der Waals surface area contributed by atoms with E-state index in [0.717, 1.165) is 56.6 Å². The minimum absolute atomic E-state index is 0. The predicted molar refractivity (Wildman–Crippen MR) is 137 cm³/mol. The van der Waals surface area contributed by atoms with Crippen molar-refractivity contribution in [2.24, 2.45) is 10.9 Å². The van der Waals surface area contributed by atoms with Crippen LogP contribution in [0.5, 0.6) is 0 Å². The number of para-hydroxylation sites is 1. The van der Waals surface area contributed by atoms with Gasteiger partial charge in [-0.2, -0.15) is 0 Å². The molecule has 1 aromatic carbocycles. The van der Waals surface area contributed by atoms with Crippen molar-refractivity contribution in [3.63, 3.8) is 0 Å². The fourth-order valence-corrected chi connectivity index (χ4v) is 4.01. The molecule has 2 aromatic rings. The van der Waals surface area contributed by atoms with E-state index >= 15 is 0 Å². The lowest BCUT2D eigenvalue weighted by Gasteiger charge is -2.40. The van der Waals surface area contributed by atoms with Crippen LogP contribution in [0.1, 0.15) is 32.1 Å². The second-order valence-corrected chi connectivity index (χ2v) is 8.37. The van der Waals surface area contributed by atoms with Gasteiger partial charge in [-0.05, 0) is 32.9 Å². The number of guanidine groups is 1. The normalized spacial score (nSPS) is 17.2. The standard InChI is InChI=1S/C23H37N5O.HI/c1-6-24-23(25-15-20(17(2)3)28-13-11-27(5)12-14-28)26-16-22-18(4)19-9-7-8-10-21(19)29-22;/h7-10,17,20H,6,11-16H2,1-5H3,(H2,24,25,26);1H. The van der Waals surface area contributed by atoms with Gasteiger partial charge in [0, 0.05) is 56.3 Å². The molecule has 168 valence electrons. The smallest absolute Gasteiger partial charge is 0.191 e. The van der Waals surface area contributed by atoms with E-state index in [4.69, 9.17) is 9.41 Å². The Morgan fingerprint density at radius 2 is 1.83 bits per heavy atom. The van der Waals surface area contributed by atoms with E-state index in [0.29, 0.717) is 18.5 Å². The molecule has 2 heterocycles. The summed E-state index contributed by atoms with van der Waals surface area (Å²) in [5.41, 5.74) is 2.11. The minimum atomic E-state index is 0. The first kappa shape index (κ1) is 24.9. The number of likely N-dealkylation sites (N-methyl/N-ethyl adjacent to an activating group) is 1. The SMILES string of the molecule is CCNC(=NCc1oc2ccccc2c1C)NCC(C(C)C)N1CCN(C)CC1.I. The van der Waals surface area contributed by atoms with Crippen LogP contribution in [0, 0.1) is 12.8 Å². The summed E-state index contributed by atoms with van der Waals surface area (Å²) in [6.07, 6.45) is 0. The Labute approximate surface area is 198 Å². The lowest BCUT2D eigenvalue weighted by atomic mass is 10.0. The first-order valence-electron chi connectivity index (χ1n) is 10.9. The molecule has 2 N–H and O–H groups in total. The van der Waals surface area contributed by atoms with Crippen molar-refractivity contribution < 1.29 is 4.42 Å². The van der Waals surface area contributed by atoms with Crippen LogP contribution < -0.4 is 10.6 Å². The summed E-state index contributed by atoms with van der Waals surface area (Å²) in [4.78, 5) is 9.82. The maximum absolute atomic E-state index is 6.02. The Hall–Kier alpha value is -1.32. The molecule has 6 nitrogen and oxygen atoms in total. The number of nitrogens with zero attached hydrogens (tertiary/aromatic N) is 3. The molecule has 0 amide bonds. The topological polar surface area (TPSA) is 56.0 Å². The second kappa shape index (κ2) is 11.9. The number of fused-ring (bicyclic) bond motifs is 1. The van der Waals surface area contributed by atoms with Crippen LogP contribution >= 0.6 is 24.0 Å². The number of halogens is 1. The van der Waals surface area contributed by atoms with Gasteiger partial charge >= 0.3 is 0 Å². The van der Waals surface area contributed by atoms with Crippen molar-refractivity contribution >= 4 is 40.9 Å². The first-order chi connectivity index (χ1) is 14.0. The zero-order valence-corrected chi connectivity index (χ0v) is 21.4. The Balaban J connectivity index is 0.00000320. The number of aryl methyl sites for hydroxylation is 1. The van der Waals surface area contributed by atoms with E-state index in [1.807, 2.05) is 18.2 Å². The summed E-state index contributed by atoms with van der Waals surface area (Å²) >= 11 is 0.